The van der Waals surface area contributed by atoms with Gasteiger partial charge in [-0.3, -0.25) is 0 Å². The Morgan fingerprint density at radius 3 is 2.59 bits per heavy atom. The summed E-state index contributed by atoms with van der Waals surface area (Å²) in [5.41, 5.74) is 2.48. The molecule has 0 bridgehead atoms. The summed E-state index contributed by atoms with van der Waals surface area (Å²) in [7, 11) is -1.91. The van der Waals surface area contributed by atoms with E-state index in [0.29, 0.717) is 0 Å². The van der Waals surface area contributed by atoms with Crippen LogP contribution in [0, 0.1) is 0 Å². The molecule has 3 atom stereocenters. The van der Waals surface area contributed by atoms with Crippen molar-refractivity contribution in [1.82, 2.24) is 4.57 Å². The number of para-hydroxylation sites is 1. The topological polar surface area (TPSA) is 34.4 Å². The third-order valence-corrected chi connectivity index (χ3v) is 12.1. The molecule has 0 spiro atoms. The standard InChI is InChI=1S/C22H31NO2SSi/c1-22(2,3)27(4,5)25-19-12-8-11-17(20(19)24)23-16-10-7-6-9-15(16)21-18(23)13-14-26-21/h6-7,9-10,13-14,17,19-20,24H,8,11-12H2,1-5H3/t17-,19-,20+/m0/s1. The summed E-state index contributed by atoms with van der Waals surface area (Å²) in [5, 5.41) is 15.0. The molecule has 1 aromatic carbocycles. The van der Waals surface area contributed by atoms with E-state index in [2.05, 4.69) is 74.1 Å². The summed E-state index contributed by atoms with van der Waals surface area (Å²) in [5.74, 6) is 0. The summed E-state index contributed by atoms with van der Waals surface area (Å²) in [6, 6.07) is 10.9. The monoisotopic (exact) mass is 401 g/mol. The summed E-state index contributed by atoms with van der Waals surface area (Å²) in [4.78, 5) is 0. The first kappa shape index (κ1) is 19.2. The molecule has 0 aliphatic heterocycles. The van der Waals surface area contributed by atoms with Crippen molar-refractivity contribution in [2.24, 2.45) is 0 Å². The number of hydrogen-bond donors (Lipinski definition) is 1. The average molecular weight is 402 g/mol. The van der Waals surface area contributed by atoms with Crippen LogP contribution in [0.5, 0.6) is 0 Å². The van der Waals surface area contributed by atoms with E-state index in [1.165, 1.54) is 21.1 Å². The van der Waals surface area contributed by atoms with E-state index in [4.69, 9.17) is 4.43 Å². The first-order chi connectivity index (χ1) is 12.7. The fourth-order valence-electron chi connectivity index (χ4n) is 4.14. The molecule has 3 aromatic rings. The highest BCUT2D eigenvalue weighted by Crippen LogP contribution is 2.43. The molecule has 0 radical (unpaired) electrons. The van der Waals surface area contributed by atoms with Crippen molar-refractivity contribution in [3.05, 3.63) is 35.7 Å². The van der Waals surface area contributed by atoms with Crippen LogP contribution >= 0.6 is 11.3 Å². The van der Waals surface area contributed by atoms with Gasteiger partial charge in [-0.25, -0.2) is 0 Å². The predicted octanol–water partition coefficient (Wildman–Crippen LogP) is 6.33. The second-order valence-corrected chi connectivity index (χ2v) is 15.1. The van der Waals surface area contributed by atoms with E-state index in [1.807, 2.05) is 0 Å². The number of benzene rings is 1. The van der Waals surface area contributed by atoms with Gasteiger partial charge in [0.1, 0.15) is 0 Å². The Kier molecular flexibility index (Phi) is 4.78. The van der Waals surface area contributed by atoms with Crippen molar-refractivity contribution in [1.29, 1.82) is 0 Å². The molecule has 3 nitrogen and oxygen atoms in total. The highest BCUT2D eigenvalue weighted by Gasteiger charge is 2.43. The number of thiophene rings is 1. The van der Waals surface area contributed by atoms with E-state index < -0.39 is 14.4 Å². The molecule has 1 saturated carbocycles. The number of aliphatic hydroxyl groups excluding tert-OH is 1. The second-order valence-electron chi connectivity index (χ2n) is 9.43. The Morgan fingerprint density at radius 2 is 1.85 bits per heavy atom. The van der Waals surface area contributed by atoms with Crippen LogP contribution in [0.2, 0.25) is 18.1 Å². The van der Waals surface area contributed by atoms with E-state index >= 15 is 0 Å². The maximum Gasteiger partial charge on any atom is 0.192 e. The molecule has 2 aromatic heterocycles. The van der Waals surface area contributed by atoms with Crippen LogP contribution in [0.1, 0.15) is 46.1 Å². The highest BCUT2D eigenvalue weighted by atomic mass is 32.1. The zero-order valence-electron chi connectivity index (χ0n) is 17.0. The van der Waals surface area contributed by atoms with Crippen molar-refractivity contribution in [3.8, 4) is 0 Å². The molecule has 0 saturated heterocycles. The zero-order valence-corrected chi connectivity index (χ0v) is 18.8. The number of nitrogens with zero attached hydrogens (tertiary/aromatic N) is 1. The minimum absolute atomic E-state index is 0.0699. The van der Waals surface area contributed by atoms with Crippen LogP contribution in [-0.2, 0) is 4.43 Å². The van der Waals surface area contributed by atoms with Crippen molar-refractivity contribution in [3.63, 3.8) is 0 Å². The number of rotatable bonds is 3. The summed E-state index contributed by atoms with van der Waals surface area (Å²) in [6.07, 6.45) is 2.52. The first-order valence-electron chi connectivity index (χ1n) is 10.0. The Labute approximate surface area is 167 Å². The summed E-state index contributed by atoms with van der Waals surface area (Å²) >= 11 is 1.79. The number of hydrogen-bond acceptors (Lipinski definition) is 3. The molecule has 1 N–H and O–H groups in total. The van der Waals surface area contributed by atoms with Crippen LogP contribution in [0.25, 0.3) is 21.1 Å². The lowest BCUT2D eigenvalue weighted by molar-refractivity contribution is -0.0304. The molecular weight excluding hydrogens is 370 g/mol. The van der Waals surface area contributed by atoms with Crippen LogP contribution in [0.15, 0.2) is 35.7 Å². The maximum absolute atomic E-state index is 11.4. The Morgan fingerprint density at radius 1 is 1.11 bits per heavy atom. The largest absolute Gasteiger partial charge is 0.411 e. The van der Waals surface area contributed by atoms with Crippen LogP contribution in [-0.4, -0.2) is 30.2 Å². The molecule has 146 valence electrons. The lowest BCUT2D eigenvalue weighted by atomic mass is 9.89. The summed E-state index contributed by atoms with van der Waals surface area (Å²) < 4.78 is 10.4. The molecule has 27 heavy (non-hydrogen) atoms. The smallest absolute Gasteiger partial charge is 0.192 e. The maximum atomic E-state index is 11.4. The minimum Gasteiger partial charge on any atom is -0.411 e. The molecule has 1 aliphatic rings. The van der Waals surface area contributed by atoms with Crippen molar-refractivity contribution in [2.75, 3.05) is 0 Å². The summed E-state index contributed by atoms with van der Waals surface area (Å²) in [6.45, 7) is 11.4. The van der Waals surface area contributed by atoms with Gasteiger partial charge in [-0.05, 0) is 54.9 Å². The van der Waals surface area contributed by atoms with Crippen LogP contribution < -0.4 is 0 Å². The van der Waals surface area contributed by atoms with Crippen molar-refractivity contribution < 1.29 is 9.53 Å². The molecule has 5 heteroatoms. The second kappa shape index (κ2) is 6.73. The predicted molar refractivity (Wildman–Crippen MR) is 118 cm³/mol. The van der Waals surface area contributed by atoms with Gasteiger partial charge in [0.05, 0.1) is 34.0 Å². The van der Waals surface area contributed by atoms with Crippen LogP contribution in [0.4, 0.5) is 0 Å². The number of aliphatic hydroxyl groups is 1. The first-order valence-corrected chi connectivity index (χ1v) is 13.8. The molecule has 4 rings (SSSR count). The number of aromatic nitrogens is 1. The van der Waals surface area contributed by atoms with Crippen molar-refractivity contribution >= 4 is 40.8 Å². The van der Waals surface area contributed by atoms with E-state index in [9.17, 15) is 5.11 Å². The third-order valence-electron chi connectivity index (χ3n) is 6.66. The van der Waals surface area contributed by atoms with Gasteiger partial charge >= 0.3 is 0 Å². The molecule has 1 fully saturated rings. The normalized spacial score (nSPS) is 24.7. The number of fused-ring (bicyclic) bond motifs is 3. The highest BCUT2D eigenvalue weighted by molar-refractivity contribution is 7.18. The van der Waals surface area contributed by atoms with Gasteiger partial charge < -0.3 is 14.1 Å². The van der Waals surface area contributed by atoms with Crippen molar-refractivity contribution in [2.45, 2.75) is 76.4 Å². The van der Waals surface area contributed by atoms with Gasteiger partial charge in [-0.2, -0.15) is 0 Å². The van der Waals surface area contributed by atoms with Gasteiger partial charge in [0, 0.05) is 5.39 Å². The van der Waals surface area contributed by atoms with Gasteiger partial charge in [0.25, 0.3) is 0 Å². The Balaban J connectivity index is 1.72. The molecular formula is C22H31NO2SSi. The molecule has 2 heterocycles. The van der Waals surface area contributed by atoms with Gasteiger partial charge in [-0.1, -0.05) is 39.0 Å². The average Bonchev–Trinajstić information content (AvgIpc) is 3.17. The molecule has 0 amide bonds. The fraction of sp³-hybridized carbons (Fsp3) is 0.545. The zero-order chi connectivity index (χ0) is 19.4. The fourth-order valence-corrected chi connectivity index (χ4v) is 6.43. The molecule has 1 aliphatic carbocycles. The lowest BCUT2D eigenvalue weighted by Gasteiger charge is -2.44. The van der Waals surface area contributed by atoms with Crippen LogP contribution in [0.3, 0.4) is 0 Å². The Bertz CT molecular complexity index is 952. The van der Waals surface area contributed by atoms with E-state index in [0.717, 1.165) is 19.3 Å². The van der Waals surface area contributed by atoms with Gasteiger partial charge in [0.2, 0.25) is 0 Å². The SMILES string of the molecule is CC(C)(C)[Si](C)(C)O[C@H]1CCC[C@H](n2c3ccccc3c3sccc32)[C@H]1O. The quantitative estimate of drug-likeness (QED) is 0.520. The van der Waals surface area contributed by atoms with E-state index in [-0.39, 0.29) is 17.2 Å². The Hall–Kier alpha value is -1.14. The third kappa shape index (κ3) is 3.18. The van der Waals surface area contributed by atoms with E-state index in [1.54, 1.807) is 11.3 Å². The minimum atomic E-state index is -1.91. The van der Waals surface area contributed by atoms with Gasteiger partial charge in [-0.15, -0.1) is 11.3 Å². The lowest BCUT2D eigenvalue weighted by Crippen LogP contribution is -2.50. The van der Waals surface area contributed by atoms with Gasteiger partial charge in [0.15, 0.2) is 8.32 Å². The molecule has 0 unspecified atom stereocenters.